The van der Waals surface area contributed by atoms with Crippen molar-refractivity contribution in [2.45, 2.75) is 25.8 Å². The van der Waals surface area contributed by atoms with Gasteiger partial charge in [0.05, 0.1) is 0 Å². The van der Waals surface area contributed by atoms with Gasteiger partial charge in [-0.3, -0.25) is 4.99 Å². The Kier molecular flexibility index (Phi) is 8.47. The fraction of sp³-hybridized carbons (Fsp3) is 0.524. The average molecular weight is 522 g/mol. The van der Waals surface area contributed by atoms with Crippen molar-refractivity contribution in [1.82, 2.24) is 25.2 Å². The molecule has 2 aromatic heterocycles. The molecule has 0 bridgehead atoms. The number of aromatic nitrogens is 3. The molecule has 0 saturated carbocycles. The molecule has 0 unspecified atom stereocenters. The Bertz CT molecular complexity index is 802. The molecule has 2 fully saturated rings. The van der Waals surface area contributed by atoms with Crippen LogP contribution in [-0.4, -0.2) is 72.1 Å². The highest BCUT2D eigenvalue weighted by molar-refractivity contribution is 14.0. The molecule has 4 heterocycles. The van der Waals surface area contributed by atoms with Crippen molar-refractivity contribution < 1.29 is 0 Å². The summed E-state index contributed by atoms with van der Waals surface area (Å²) < 4.78 is 0. The van der Waals surface area contributed by atoms with Gasteiger partial charge in [-0.15, -0.1) is 24.0 Å². The second kappa shape index (κ2) is 11.3. The highest BCUT2D eigenvalue weighted by Crippen LogP contribution is 2.18. The zero-order valence-electron chi connectivity index (χ0n) is 17.6. The molecule has 4 rings (SSSR count). The number of nitrogens with zero attached hydrogens (tertiary/aromatic N) is 7. The Labute approximate surface area is 195 Å². The predicted octanol–water partition coefficient (Wildman–Crippen LogP) is 2.38. The minimum atomic E-state index is 0. The first-order valence-electron chi connectivity index (χ1n) is 10.5. The van der Waals surface area contributed by atoms with Crippen LogP contribution in [0.4, 0.5) is 11.8 Å². The Morgan fingerprint density at radius 1 is 0.933 bits per heavy atom. The smallest absolute Gasteiger partial charge is 0.225 e. The van der Waals surface area contributed by atoms with Gasteiger partial charge < -0.3 is 20.0 Å². The number of piperidine rings is 1. The fourth-order valence-electron chi connectivity index (χ4n) is 3.95. The minimum absolute atomic E-state index is 0. The molecule has 8 nitrogen and oxygen atoms in total. The Balaban J connectivity index is 0.00000256. The van der Waals surface area contributed by atoms with Crippen molar-refractivity contribution in [3.8, 4) is 0 Å². The first-order valence-corrected chi connectivity index (χ1v) is 10.5. The van der Waals surface area contributed by atoms with Crippen LogP contribution in [0.25, 0.3) is 0 Å². The SMILES string of the molecule is CN=C(NCc1ccnc(N2CCCCC2)c1)N1CCN(c2ncccn2)CC1.I. The van der Waals surface area contributed by atoms with Gasteiger partial charge in [0.15, 0.2) is 5.96 Å². The molecule has 2 aliphatic heterocycles. The molecule has 0 atom stereocenters. The summed E-state index contributed by atoms with van der Waals surface area (Å²) in [6.45, 7) is 6.54. The lowest BCUT2D eigenvalue weighted by molar-refractivity contribution is 0.370. The van der Waals surface area contributed by atoms with Crippen LogP contribution in [0.2, 0.25) is 0 Å². The van der Waals surface area contributed by atoms with E-state index in [1.165, 1.54) is 24.8 Å². The number of pyridine rings is 1. The van der Waals surface area contributed by atoms with Crippen molar-refractivity contribution in [2.75, 3.05) is 56.1 Å². The van der Waals surface area contributed by atoms with Crippen LogP contribution in [0.5, 0.6) is 0 Å². The van der Waals surface area contributed by atoms with Gasteiger partial charge in [-0.2, -0.15) is 0 Å². The summed E-state index contributed by atoms with van der Waals surface area (Å²) >= 11 is 0. The molecule has 0 spiro atoms. The van der Waals surface area contributed by atoms with Crippen LogP contribution >= 0.6 is 24.0 Å². The molecular weight excluding hydrogens is 491 g/mol. The number of anilines is 2. The molecule has 0 radical (unpaired) electrons. The maximum atomic E-state index is 4.58. The van der Waals surface area contributed by atoms with Gasteiger partial charge >= 0.3 is 0 Å². The quantitative estimate of drug-likeness (QED) is 0.376. The molecule has 0 aliphatic carbocycles. The summed E-state index contributed by atoms with van der Waals surface area (Å²) in [5.41, 5.74) is 1.23. The van der Waals surface area contributed by atoms with Crippen molar-refractivity contribution in [1.29, 1.82) is 0 Å². The lowest BCUT2D eigenvalue weighted by Gasteiger charge is -2.36. The molecular formula is C21H31IN8. The standard InChI is InChI=1S/C21H30N8.HI/c1-22-20(28-12-14-29(15-13-28)21-24-7-5-8-25-21)26-17-18-6-9-23-19(16-18)27-10-3-2-4-11-27;/h5-9,16H,2-4,10-15,17H2,1H3,(H,22,26);1H. The van der Waals surface area contributed by atoms with E-state index < -0.39 is 0 Å². The largest absolute Gasteiger partial charge is 0.357 e. The average Bonchev–Trinajstić information content (AvgIpc) is 2.81. The lowest BCUT2D eigenvalue weighted by Crippen LogP contribution is -2.52. The van der Waals surface area contributed by atoms with E-state index in [0.717, 1.165) is 63.5 Å². The third-order valence-corrected chi connectivity index (χ3v) is 5.57. The number of piperazine rings is 1. The molecule has 9 heteroatoms. The van der Waals surface area contributed by atoms with Gasteiger partial charge in [0.2, 0.25) is 5.95 Å². The van der Waals surface area contributed by atoms with Crippen molar-refractivity contribution >= 4 is 41.7 Å². The van der Waals surface area contributed by atoms with E-state index in [9.17, 15) is 0 Å². The van der Waals surface area contributed by atoms with Gasteiger partial charge in [0.1, 0.15) is 5.82 Å². The van der Waals surface area contributed by atoms with Crippen molar-refractivity contribution in [3.05, 3.63) is 42.4 Å². The summed E-state index contributed by atoms with van der Waals surface area (Å²) in [5, 5.41) is 3.52. The van der Waals surface area contributed by atoms with Crippen LogP contribution in [0, 0.1) is 0 Å². The molecule has 2 aromatic rings. The second-order valence-corrected chi connectivity index (χ2v) is 7.49. The van der Waals surface area contributed by atoms with E-state index in [4.69, 9.17) is 0 Å². The summed E-state index contributed by atoms with van der Waals surface area (Å²) in [4.78, 5) is 24.7. The molecule has 0 aromatic carbocycles. The molecule has 162 valence electrons. The van der Waals surface area contributed by atoms with Crippen molar-refractivity contribution in [3.63, 3.8) is 0 Å². The zero-order valence-corrected chi connectivity index (χ0v) is 19.9. The zero-order chi connectivity index (χ0) is 19.9. The molecule has 30 heavy (non-hydrogen) atoms. The van der Waals surface area contributed by atoms with Crippen LogP contribution in [0.1, 0.15) is 24.8 Å². The number of nitrogens with one attached hydrogen (secondary N) is 1. The topological polar surface area (TPSA) is 72.8 Å². The summed E-state index contributed by atoms with van der Waals surface area (Å²) in [6.07, 6.45) is 9.36. The summed E-state index contributed by atoms with van der Waals surface area (Å²) in [6, 6.07) is 6.13. The predicted molar refractivity (Wildman–Crippen MR) is 132 cm³/mol. The number of guanidine groups is 1. The Morgan fingerprint density at radius 3 is 2.37 bits per heavy atom. The van der Waals surface area contributed by atoms with Gasteiger partial charge in [0.25, 0.3) is 0 Å². The Morgan fingerprint density at radius 2 is 1.67 bits per heavy atom. The number of hydrogen-bond donors (Lipinski definition) is 1. The Hall–Kier alpha value is -2.17. The molecule has 2 aliphatic rings. The number of aliphatic imine (C=N–C) groups is 1. The maximum Gasteiger partial charge on any atom is 0.225 e. The fourth-order valence-corrected chi connectivity index (χ4v) is 3.95. The number of rotatable bonds is 4. The maximum absolute atomic E-state index is 4.58. The highest BCUT2D eigenvalue weighted by atomic mass is 127. The monoisotopic (exact) mass is 522 g/mol. The lowest BCUT2D eigenvalue weighted by atomic mass is 10.1. The van der Waals surface area contributed by atoms with E-state index in [2.05, 4.69) is 52.1 Å². The van der Waals surface area contributed by atoms with Gasteiger partial charge in [0, 0.05) is 71.5 Å². The van der Waals surface area contributed by atoms with E-state index in [1.807, 2.05) is 19.3 Å². The van der Waals surface area contributed by atoms with E-state index >= 15 is 0 Å². The van der Waals surface area contributed by atoms with Crippen molar-refractivity contribution in [2.24, 2.45) is 4.99 Å². The molecule has 1 N–H and O–H groups in total. The van der Waals surface area contributed by atoms with Gasteiger partial charge in [-0.05, 0) is 43.0 Å². The van der Waals surface area contributed by atoms with E-state index in [1.54, 1.807) is 12.4 Å². The number of halogens is 1. The molecule has 2 saturated heterocycles. The first kappa shape index (κ1) is 22.5. The first-order chi connectivity index (χ1) is 14.3. The van der Waals surface area contributed by atoms with E-state index in [0.29, 0.717) is 0 Å². The van der Waals surface area contributed by atoms with Crippen LogP contribution in [0.3, 0.4) is 0 Å². The third kappa shape index (κ3) is 5.71. The van der Waals surface area contributed by atoms with Crippen LogP contribution in [0.15, 0.2) is 41.8 Å². The van der Waals surface area contributed by atoms with E-state index in [-0.39, 0.29) is 24.0 Å². The summed E-state index contributed by atoms with van der Waals surface area (Å²) in [5.74, 6) is 2.84. The highest BCUT2D eigenvalue weighted by Gasteiger charge is 2.21. The second-order valence-electron chi connectivity index (χ2n) is 7.49. The normalized spacial score (nSPS) is 17.5. The minimum Gasteiger partial charge on any atom is -0.357 e. The third-order valence-electron chi connectivity index (χ3n) is 5.57. The van der Waals surface area contributed by atoms with Crippen LogP contribution in [-0.2, 0) is 6.54 Å². The van der Waals surface area contributed by atoms with Gasteiger partial charge in [-0.25, -0.2) is 15.0 Å². The summed E-state index contributed by atoms with van der Waals surface area (Å²) in [7, 11) is 1.85. The van der Waals surface area contributed by atoms with Gasteiger partial charge in [-0.1, -0.05) is 0 Å². The number of hydrogen-bond acceptors (Lipinski definition) is 6. The van der Waals surface area contributed by atoms with Crippen LogP contribution < -0.4 is 15.1 Å². The molecule has 0 amide bonds.